The van der Waals surface area contributed by atoms with Crippen molar-refractivity contribution >= 4 is 5.91 Å². The van der Waals surface area contributed by atoms with Crippen LogP contribution in [0.25, 0.3) is 0 Å². The van der Waals surface area contributed by atoms with E-state index in [1.165, 1.54) is 6.07 Å². The Morgan fingerprint density at radius 2 is 2.00 bits per heavy atom. The third kappa shape index (κ3) is 3.53. The molecule has 0 aliphatic heterocycles. The number of nitrogens with two attached hydrogens (primary N) is 1. The van der Waals surface area contributed by atoms with Gasteiger partial charge in [-0.3, -0.25) is 4.79 Å². The monoisotopic (exact) mass is 266 g/mol. The summed E-state index contributed by atoms with van der Waals surface area (Å²) in [5.74, 6) is -0.694. The standard InChI is InChI=1S/C15H23FN2O/c1-4-12(5-2)18(10-9-17)15(19)13-8-6-7-11(3)14(13)16/h6-8,12H,4-5,9-10,17H2,1-3H3. The van der Waals surface area contributed by atoms with Gasteiger partial charge in [-0.2, -0.15) is 0 Å². The maximum Gasteiger partial charge on any atom is 0.257 e. The topological polar surface area (TPSA) is 46.3 Å². The van der Waals surface area contributed by atoms with Gasteiger partial charge in [-0.25, -0.2) is 4.39 Å². The molecule has 0 bridgehead atoms. The smallest absolute Gasteiger partial charge is 0.257 e. The minimum Gasteiger partial charge on any atom is -0.334 e. The van der Waals surface area contributed by atoms with E-state index in [1.54, 1.807) is 24.0 Å². The van der Waals surface area contributed by atoms with E-state index in [9.17, 15) is 9.18 Å². The highest BCUT2D eigenvalue weighted by molar-refractivity contribution is 5.95. The number of nitrogens with zero attached hydrogens (tertiary/aromatic N) is 1. The Bertz CT molecular complexity index is 430. The molecule has 19 heavy (non-hydrogen) atoms. The van der Waals surface area contributed by atoms with Gasteiger partial charge in [0.05, 0.1) is 5.56 Å². The maximum absolute atomic E-state index is 14.0. The Kier molecular flexibility index (Phi) is 5.96. The first-order valence-corrected chi connectivity index (χ1v) is 6.82. The normalized spacial score (nSPS) is 10.8. The van der Waals surface area contributed by atoms with Crippen molar-refractivity contribution < 1.29 is 9.18 Å². The van der Waals surface area contributed by atoms with Gasteiger partial charge in [0.1, 0.15) is 5.82 Å². The van der Waals surface area contributed by atoms with Crippen molar-refractivity contribution in [3.05, 3.63) is 35.1 Å². The highest BCUT2D eigenvalue weighted by Crippen LogP contribution is 2.17. The van der Waals surface area contributed by atoms with Crippen LogP contribution in [0.2, 0.25) is 0 Å². The zero-order valence-electron chi connectivity index (χ0n) is 11.9. The van der Waals surface area contributed by atoms with Crippen molar-refractivity contribution in [2.24, 2.45) is 5.73 Å². The Balaban J connectivity index is 3.08. The number of hydrogen-bond donors (Lipinski definition) is 1. The predicted molar refractivity (Wildman–Crippen MR) is 75.6 cm³/mol. The van der Waals surface area contributed by atoms with Crippen LogP contribution >= 0.6 is 0 Å². The molecule has 1 rings (SSSR count). The third-order valence-corrected chi connectivity index (χ3v) is 3.44. The Hall–Kier alpha value is -1.42. The lowest BCUT2D eigenvalue weighted by Crippen LogP contribution is -2.43. The molecule has 1 amide bonds. The van der Waals surface area contributed by atoms with Crippen LogP contribution in [0.3, 0.4) is 0 Å². The van der Waals surface area contributed by atoms with E-state index in [0.29, 0.717) is 18.7 Å². The lowest BCUT2D eigenvalue weighted by molar-refractivity contribution is 0.0669. The molecule has 1 aromatic carbocycles. The molecule has 0 atom stereocenters. The summed E-state index contributed by atoms with van der Waals surface area (Å²) in [6.45, 7) is 6.56. The Morgan fingerprint density at radius 1 is 1.37 bits per heavy atom. The number of benzene rings is 1. The molecule has 0 aliphatic rings. The van der Waals surface area contributed by atoms with Crippen LogP contribution < -0.4 is 5.73 Å². The summed E-state index contributed by atoms with van der Waals surface area (Å²) in [6.07, 6.45) is 1.69. The average molecular weight is 266 g/mol. The van der Waals surface area contributed by atoms with E-state index in [4.69, 9.17) is 5.73 Å². The van der Waals surface area contributed by atoms with Crippen LogP contribution in [0, 0.1) is 12.7 Å². The maximum atomic E-state index is 14.0. The van der Waals surface area contributed by atoms with Gasteiger partial charge in [0.25, 0.3) is 5.91 Å². The van der Waals surface area contributed by atoms with Gasteiger partial charge < -0.3 is 10.6 Å². The van der Waals surface area contributed by atoms with Gasteiger partial charge in [-0.05, 0) is 31.4 Å². The fourth-order valence-corrected chi connectivity index (χ4v) is 2.29. The first-order chi connectivity index (χ1) is 9.06. The molecule has 3 nitrogen and oxygen atoms in total. The summed E-state index contributed by atoms with van der Waals surface area (Å²) in [6, 6.07) is 5.02. The molecule has 2 N–H and O–H groups in total. The quantitative estimate of drug-likeness (QED) is 0.860. The van der Waals surface area contributed by atoms with Gasteiger partial charge >= 0.3 is 0 Å². The molecule has 0 spiro atoms. The van der Waals surface area contributed by atoms with Gasteiger partial charge in [-0.15, -0.1) is 0 Å². The van der Waals surface area contributed by atoms with Crippen molar-refractivity contribution in [2.45, 2.75) is 39.7 Å². The fourth-order valence-electron chi connectivity index (χ4n) is 2.29. The highest BCUT2D eigenvalue weighted by Gasteiger charge is 2.24. The van der Waals surface area contributed by atoms with Crippen molar-refractivity contribution in [1.29, 1.82) is 0 Å². The molecule has 0 heterocycles. The molecule has 0 saturated carbocycles. The molecular weight excluding hydrogens is 243 g/mol. The van der Waals surface area contributed by atoms with Crippen molar-refractivity contribution in [3.8, 4) is 0 Å². The summed E-state index contributed by atoms with van der Waals surface area (Å²) in [7, 11) is 0. The van der Waals surface area contributed by atoms with Gasteiger partial charge in [-0.1, -0.05) is 26.0 Å². The second-order valence-corrected chi connectivity index (χ2v) is 4.69. The number of hydrogen-bond acceptors (Lipinski definition) is 2. The third-order valence-electron chi connectivity index (χ3n) is 3.44. The lowest BCUT2D eigenvalue weighted by Gasteiger charge is -2.30. The number of amides is 1. The summed E-state index contributed by atoms with van der Waals surface area (Å²) in [4.78, 5) is 14.2. The van der Waals surface area contributed by atoms with E-state index in [1.807, 2.05) is 13.8 Å². The number of carbonyl (C=O) groups excluding carboxylic acids is 1. The molecule has 0 aliphatic carbocycles. The molecular formula is C15H23FN2O. The zero-order chi connectivity index (χ0) is 14.4. The van der Waals surface area contributed by atoms with Gasteiger partial charge in [0.15, 0.2) is 0 Å². The van der Waals surface area contributed by atoms with Gasteiger partial charge in [0, 0.05) is 19.1 Å². The van der Waals surface area contributed by atoms with Crippen molar-refractivity contribution in [2.75, 3.05) is 13.1 Å². The summed E-state index contributed by atoms with van der Waals surface area (Å²) >= 11 is 0. The van der Waals surface area contributed by atoms with E-state index in [-0.39, 0.29) is 17.5 Å². The molecule has 1 aromatic rings. The molecule has 0 radical (unpaired) electrons. The number of carbonyl (C=O) groups is 1. The van der Waals surface area contributed by atoms with E-state index in [0.717, 1.165) is 12.8 Å². The van der Waals surface area contributed by atoms with Crippen LogP contribution in [0.5, 0.6) is 0 Å². The summed E-state index contributed by atoms with van der Waals surface area (Å²) in [5.41, 5.74) is 6.20. The number of rotatable bonds is 6. The van der Waals surface area contributed by atoms with E-state index < -0.39 is 5.82 Å². The number of halogens is 1. The molecule has 0 saturated heterocycles. The van der Waals surface area contributed by atoms with Crippen molar-refractivity contribution in [3.63, 3.8) is 0 Å². The molecule has 0 fully saturated rings. The number of aryl methyl sites for hydroxylation is 1. The van der Waals surface area contributed by atoms with Crippen LogP contribution in [0.15, 0.2) is 18.2 Å². The minimum atomic E-state index is -0.430. The van der Waals surface area contributed by atoms with E-state index >= 15 is 0 Å². The van der Waals surface area contributed by atoms with Crippen LogP contribution in [0.4, 0.5) is 4.39 Å². The molecule has 4 heteroatoms. The largest absolute Gasteiger partial charge is 0.334 e. The minimum absolute atomic E-state index is 0.107. The van der Waals surface area contributed by atoms with Crippen LogP contribution in [-0.4, -0.2) is 29.9 Å². The second-order valence-electron chi connectivity index (χ2n) is 4.69. The van der Waals surface area contributed by atoms with E-state index in [2.05, 4.69) is 0 Å². The SMILES string of the molecule is CCC(CC)N(CCN)C(=O)c1cccc(C)c1F. The summed E-state index contributed by atoms with van der Waals surface area (Å²) < 4.78 is 14.0. The van der Waals surface area contributed by atoms with Crippen LogP contribution in [0.1, 0.15) is 42.6 Å². The fraction of sp³-hybridized carbons (Fsp3) is 0.533. The van der Waals surface area contributed by atoms with Crippen LogP contribution in [-0.2, 0) is 0 Å². The average Bonchev–Trinajstić information content (AvgIpc) is 2.41. The first-order valence-electron chi connectivity index (χ1n) is 6.82. The molecule has 0 unspecified atom stereocenters. The lowest BCUT2D eigenvalue weighted by atomic mass is 10.1. The molecule has 106 valence electrons. The molecule has 0 aromatic heterocycles. The second kappa shape index (κ2) is 7.24. The Labute approximate surface area is 114 Å². The van der Waals surface area contributed by atoms with Crippen molar-refractivity contribution in [1.82, 2.24) is 4.90 Å². The summed E-state index contributed by atoms with van der Waals surface area (Å²) in [5, 5.41) is 0. The van der Waals surface area contributed by atoms with Gasteiger partial charge in [0.2, 0.25) is 0 Å². The Morgan fingerprint density at radius 3 is 2.53 bits per heavy atom. The first kappa shape index (κ1) is 15.6. The zero-order valence-corrected chi connectivity index (χ0v) is 11.9. The highest BCUT2D eigenvalue weighted by atomic mass is 19.1. The predicted octanol–water partition coefficient (Wildman–Crippen LogP) is 2.72.